The van der Waals surface area contributed by atoms with Crippen LogP contribution < -0.4 is 10.6 Å². The van der Waals surface area contributed by atoms with Gasteiger partial charge < -0.3 is 10.6 Å². The molecule has 2 N–H and O–H groups in total. The minimum absolute atomic E-state index is 0.0520. The Balaban J connectivity index is 2.41. The second kappa shape index (κ2) is 6.70. The second-order valence-electron chi connectivity index (χ2n) is 5.43. The lowest BCUT2D eigenvalue weighted by atomic mass is 9.96. The highest BCUT2D eigenvalue weighted by Crippen LogP contribution is 2.19. The van der Waals surface area contributed by atoms with E-state index in [2.05, 4.69) is 10.6 Å². The van der Waals surface area contributed by atoms with Crippen molar-refractivity contribution in [1.29, 1.82) is 0 Å². The van der Waals surface area contributed by atoms with Crippen molar-refractivity contribution in [2.24, 2.45) is 5.41 Å². The number of benzene rings is 1. The Labute approximate surface area is 122 Å². The Bertz CT molecular complexity index is 512. The average Bonchev–Trinajstić information content (AvgIpc) is 2.32. The molecule has 2 amide bonds. The first-order chi connectivity index (χ1) is 9.20. The smallest absolute Gasteiger partial charge is 0.226 e. The van der Waals surface area contributed by atoms with Gasteiger partial charge in [-0.05, 0) is 18.2 Å². The van der Waals surface area contributed by atoms with Gasteiger partial charge in [0.05, 0.1) is 5.02 Å². The normalized spacial score (nSPS) is 11.1. The van der Waals surface area contributed by atoms with Crippen LogP contribution in [0.15, 0.2) is 18.2 Å². The highest BCUT2D eigenvalue weighted by Gasteiger charge is 2.20. The number of rotatable bonds is 4. The Hall–Kier alpha value is -1.62. The molecule has 0 aliphatic carbocycles. The standard InChI is InChI=1S/C14H18ClFN2O2/c1-14(2,3)13(20)17-7-6-12(19)18-9-4-5-11(16)10(15)8-9/h4-5,8H,6-7H2,1-3H3,(H,17,20)(H,18,19). The molecule has 0 aromatic heterocycles. The van der Waals surface area contributed by atoms with Gasteiger partial charge in [-0.2, -0.15) is 0 Å². The molecule has 6 heteroatoms. The zero-order valence-corrected chi connectivity index (χ0v) is 12.5. The molecule has 0 atom stereocenters. The predicted molar refractivity (Wildman–Crippen MR) is 77.1 cm³/mol. The van der Waals surface area contributed by atoms with Gasteiger partial charge >= 0.3 is 0 Å². The molecule has 1 aromatic rings. The van der Waals surface area contributed by atoms with Crippen LogP contribution in [0.1, 0.15) is 27.2 Å². The zero-order valence-electron chi connectivity index (χ0n) is 11.7. The quantitative estimate of drug-likeness (QED) is 0.898. The van der Waals surface area contributed by atoms with E-state index in [0.29, 0.717) is 5.69 Å². The minimum atomic E-state index is -0.540. The third kappa shape index (κ3) is 5.17. The van der Waals surface area contributed by atoms with Gasteiger partial charge in [-0.3, -0.25) is 9.59 Å². The van der Waals surface area contributed by atoms with Crippen LogP contribution in [-0.4, -0.2) is 18.4 Å². The number of hydrogen-bond acceptors (Lipinski definition) is 2. The number of halogens is 2. The van der Waals surface area contributed by atoms with Crippen molar-refractivity contribution in [2.45, 2.75) is 27.2 Å². The molecular weight excluding hydrogens is 283 g/mol. The monoisotopic (exact) mass is 300 g/mol. The van der Waals surface area contributed by atoms with Crippen LogP contribution in [0.25, 0.3) is 0 Å². The fraction of sp³-hybridized carbons (Fsp3) is 0.429. The fourth-order valence-corrected chi connectivity index (χ4v) is 1.53. The summed E-state index contributed by atoms with van der Waals surface area (Å²) in [4.78, 5) is 23.2. The third-order valence-electron chi connectivity index (χ3n) is 2.52. The van der Waals surface area contributed by atoms with E-state index in [-0.39, 0.29) is 29.8 Å². The van der Waals surface area contributed by atoms with Gasteiger partial charge in [0.25, 0.3) is 0 Å². The number of hydrogen-bond donors (Lipinski definition) is 2. The van der Waals surface area contributed by atoms with Crippen LogP contribution in [0, 0.1) is 11.2 Å². The molecule has 1 aromatic carbocycles. The molecule has 0 heterocycles. The molecule has 0 aliphatic heterocycles. The number of nitrogens with one attached hydrogen (secondary N) is 2. The molecule has 110 valence electrons. The van der Waals surface area contributed by atoms with Crippen LogP contribution in [0.5, 0.6) is 0 Å². The number of amides is 2. The molecular formula is C14H18ClFN2O2. The van der Waals surface area contributed by atoms with Gasteiger partial charge in [-0.25, -0.2) is 4.39 Å². The Morgan fingerprint density at radius 3 is 2.50 bits per heavy atom. The first-order valence-corrected chi connectivity index (χ1v) is 6.61. The summed E-state index contributed by atoms with van der Waals surface area (Å²) in [6.07, 6.45) is 0.136. The summed E-state index contributed by atoms with van der Waals surface area (Å²) in [6, 6.07) is 3.94. The minimum Gasteiger partial charge on any atom is -0.355 e. The molecule has 0 unspecified atom stereocenters. The molecule has 20 heavy (non-hydrogen) atoms. The van der Waals surface area contributed by atoms with Crippen molar-refractivity contribution < 1.29 is 14.0 Å². The highest BCUT2D eigenvalue weighted by molar-refractivity contribution is 6.31. The Morgan fingerprint density at radius 1 is 1.30 bits per heavy atom. The predicted octanol–water partition coefficient (Wildman–Crippen LogP) is 2.97. The van der Waals surface area contributed by atoms with E-state index in [0.717, 1.165) is 0 Å². The van der Waals surface area contributed by atoms with Gasteiger partial charge in [0, 0.05) is 24.1 Å². The highest BCUT2D eigenvalue weighted by atomic mass is 35.5. The maximum Gasteiger partial charge on any atom is 0.226 e. The molecule has 0 fully saturated rings. The van der Waals surface area contributed by atoms with Crippen LogP contribution in [0.4, 0.5) is 10.1 Å². The third-order valence-corrected chi connectivity index (χ3v) is 2.81. The number of carbonyl (C=O) groups is 2. The summed E-state index contributed by atoms with van der Waals surface area (Å²) >= 11 is 5.61. The topological polar surface area (TPSA) is 58.2 Å². The summed E-state index contributed by atoms with van der Waals surface area (Å²) in [5, 5.41) is 5.20. The van der Waals surface area contributed by atoms with Crippen LogP contribution in [0.2, 0.25) is 5.02 Å². The maximum absolute atomic E-state index is 12.9. The Morgan fingerprint density at radius 2 is 1.95 bits per heavy atom. The van der Waals surface area contributed by atoms with Crippen molar-refractivity contribution in [3.8, 4) is 0 Å². The lowest BCUT2D eigenvalue weighted by Crippen LogP contribution is -2.36. The summed E-state index contributed by atoms with van der Waals surface area (Å²) in [5.41, 5.74) is -0.0652. The lowest BCUT2D eigenvalue weighted by Gasteiger charge is -2.17. The van der Waals surface area contributed by atoms with Gasteiger partial charge in [0.2, 0.25) is 11.8 Å². The zero-order chi connectivity index (χ0) is 15.3. The van der Waals surface area contributed by atoms with Crippen molar-refractivity contribution in [3.63, 3.8) is 0 Å². The first kappa shape index (κ1) is 16.4. The lowest BCUT2D eigenvalue weighted by molar-refractivity contribution is -0.128. The van der Waals surface area contributed by atoms with Crippen molar-refractivity contribution >= 4 is 29.1 Å². The molecule has 0 radical (unpaired) electrons. The van der Waals surface area contributed by atoms with Crippen molar-refractivity contribution in [1.82, 2.24) is 5.32 Å². The van der Waals surface area contributed by atoms with Gasteiger partial charge in [0.15, 0.2) is 0 Å². The SMILES string of the molecule is CC(C)(C)C(=O)NCCC(=O)Nc1ccc(F)c(Cl)c1. The number of carbonyl (C=O) groups excluding carboxylic acids is 2. The fourth-order valence-electron chi connectivity index (χ4n) is 1.35. The second-order valence-corrected chi connectivity index (χ2v) is 5.84. The number of anilines is 1. The summed E-state index contributed by atoms with van der Waals surface area (Å²) in [7, 11) is 0. The van der Waals surface area contributed by atoms with E-state index >= 15 is 0 Å². The molecule has 4 nitrogen and oxygen atoms in total. The van der Waals surface area contributed by atoms with Crippen molar-refractivity contribution in [3.05, 3.63) is 29.0 Å². The Kier molecular flexibility index (Phi) is 5.51. The van der Waals surface area contributed by atoms with E-state index in [1.54, 1.807) is 20.8 Å². The molecule has 0 bridgehead atoms. The summed E-state index contributed by atoms with van der Waals surface area (Å²) in [5.74, 6) is -0.931. The van der Waals surface area contributed by atoms with E-state index in [1.807, 2.05) is 0 Å². The largest absolute Gasteiger partial charge is 0.355 e. The van der Waals surface area contributed by atoms with Crippen LogP contribution in [-0.2, 0) is 9.59 Å². The van der Waals surface area contributed by atoms with E-state index < -0.39 is 11.2 Å². The summed E-state index contributed by atoms with van der Waals surface area (Å²) < 4.78 is 12.9. The van der Waals surface area contributed by atoms with E-state index in [1.165, 1.54) is 18.2 Å². The molecule has 0 aliphatic rings. The van der Waals surface area contributed by atoms with E-state index in [4.69, 9.17) is 11.6 Å². The van der Waals surface area contributed by atoms with Gasteiger partial charge in [-0.1, -0.05) is 32.4 Å². The molecule has 0 saturated heterocycles. The van der Waals surface area contributed by atoms with E-state index in [9.17, 15) is 14.0 Å². The van der Waals surface area contributed by atoms with Crippen LogP contribution >= 0.6 is 11.6 Å². The maximum atomic E-state index is 12.9. The van der Waals surface area contributed by atoms with Gasteiger partial charge in [0.1, 0.15) is 5.82 Å². The van der Waals surface area contributed by atoms with Crippen molar-refractivity contribution in [2.75, 3.05) is 11.9 Å². The molecule has 0 spiro atoms. The summed E-state index contributed by atoms with van der Waals surface area (Å²) in [6.45, 7) is 5.63. The molecule has 1 rings (SSSR count). The molecule has 0 saturated carbocycles. The van der Waals surface area contributed by atoms with Crippen LogP contribution in [0.3, 0.4) is 0 Å². The first-order valence-electron chi connectivity index (χ1n) is 6.23. The average molecular weight is 301 g/mol. The van der Waals surface area contributed by atoms with Gasteiger partial charge in [-0.15, -0.1) is 0 Å².